The molecule has 0 bridgehead atoms. The van der Waals surface area contributed by atoms with Gasteiger partial charge in [0.2, 0.25) is 0 Å². The minimum atomic E-state index is -1.06. The summed E-state index contributed by atoms with van der Waals surface area (Å²) in [6.45, 7) is 0.128. The summed E-state index contributed by atoms with van der Waals surface area (Å²) < 4.78 is 18.4. The minimum Gasteiger partial charge on any atom is -0.505 e. The number of aromatic carboxylic acids is 1. The standard InChI is InChI=1S/C15H14FNO4/c1-21-13-6-5-9(15(19)20)7-12(13)17-8-10-3-2-4-11(16)14(10)18/h2-7,17-18H,8H2,1H3,(H,19,20). The minimum absolute atomic E-state index is 0.0989. The highest BCUT2D eigenvalue weighted by Gasteiger charge is 2.11. The summed E-state index contributed by atoms with van der Waals surface area (Å²) in [5.74, 6) is -1.75. The quantitative estimate of drug-likeness (QED) is 0.789. The van der Waals surface area contributed by atoms with E-state index in [0.29, 0.717) is 17.0 Å². The number of phenols is 1. The van der Waals surface area contributed by atoms with E-state index in [9.17, 15) is 14.3 Å². The molecule has 0 spiro atoms. The molecule has 0 saturated heterocycles. The number of rotatable bonds is 5. The average molecular weight is 291 g/mol. The first-order chi connectivity index (χ1) is 10.0. The summed E-state index contributed by atoms with van der Waals surface area (Å²) in [4.78, 5) is 11.0. The zero-order chi connectivity index (χ0) is 15.4. The summed E-state index contributed by atoms with van der Waals surface area (Å²) >= 11 is 0. The summed E-state index contributed by atoms with van der Waals surface area (Å²) in [6.07, 6.45) is 0. The van der Waals surface area contributed by atoms with Crippen LogP contribution in [0.15, 0.2) is 36.4 Å². The first-order valence-corrected chi connectivity index (χ1v) is 6.14. The van der Waals surface area contributed by atoms with E-state index in [-0.39, 0.29) is 12.1 Å². The molecule has 2 rings (SSSR count). The summed E-state index contributed by atoms with van der Waals surface area (Å²) in [5, 5.41) is 21.5. The Morgan fingerprint density at radius 3 is 2.76 bits per heavy atom. The molecule has 21 heavy (non-hydrogen) atoms. The van der Waals surface area contributed by atoms with Gasteiger partial charge in [-0.3, -0.25) is 0 Å². The SMILES string of the molecule is COc1ccc(C(=O)O)cc1NCc1cccc(F)c1O. The number of phenolic OH excluding ortho intramolecular Hbond substituents is 1. The van der Waals surface area contributed by atoms with E-state index in [1.807, 2.05) is 0 Å². The molecule has 0 aliphatic carbocycles. The smallest absolute Gasteiger partial charge is 0.335 e. The third-order valence-electron chi connectivity index (χ3n) is 2.99. The van der Waals surface area contributed by atoms with Crippen molar-refractivity contribution in [2.45, 2.75) is 6.54 Å². The van der Waals surface area contributed by atoms with Crippen molar-refractivity contribution in [1.82, 2.24) is 0 Å². The van der Waals surface area contributed by atoms with Crippen LogP contribution in [0.3, 0.4) is 0 Å². The van der Waals surface area contributed by atoms with E-state index in [1.54, 1.807) is 6.07 Å². The van der Waals surface area contributed by atoms with Gasteiger partial charge in [0.15, 0.2) is 11.6 Å². The van der Waals surface area contributed by atoms with Gasteiger partial charge >= 0.3 is 5.97 Å². The molecule has 0 unspecified atom stereocenters. The molecule has 0 fully saturated rings. The maximum atomic E-state index is 13.2. The van der Waals surface area contributed by atoms with Crippen molar-refractivity contribution >= 4 is 11.7 Å². The van der Waals surface area contributed by atoms with Gasteiger partial charge in [0, 0.05) is 12.1 Å². The fourth-order valence-electron chi connectivity index (χ4n) is 1.87. The lowest BCUT2D eigenvalue weighted by atomic mass is 10.1. The van der Waals surface area contributed by atoms with E-state index >= 15 is 0 Å². The van der Waals surface area contributed by atoms with Crippen LogP contribution in [0.25, 0.3) is 0 Å². The maximum Gasteiger partial charge on any atom is 0.335 e. The van der Waals surface area contributed by atoms with Crippen LogP contribution >= 0.6 is 0 Å². The van der Waals surface area contributed by atoms with Gasteiger partial charge in [-0.2, -0.15) is 0 Å². The van der Waals surface area contributed by atoms with Crippen molar-refractivity contribution in [1.29, 1.82) is 0 Å². The van der Waals surface area contributed by atoms with Crippen LogP contribution in [0.2, 0.25) is 0 Å². The summed E-state index contributed by atoms with van der Waals surface area (Å²) in [6, 6.07) is 8.57. The fourth-order valence-corrected chi connectivity index (χ4v) is 1.87. The number of methoxy groups -OCH3 is 1. The van der Waals surface area contributed by atoms with Crippen molar-refractivity contribution in [2.24, 2.45) is 0 Å². The monoisotopic (exact) mass is 291 g/mol. The third kappa shape index (κ3) is 3.22. The molecule has 2 aromatic rings. The second kappa shape index (κ2) is 6.13. The molecule has 0 atom stereocenters. The Morgan fingerprint density at radius 1 is 1.33 bits per heavy atom. The van der Waals surface area contributed by atoms with Crippen LogP contribution in [0, 0.1) is 5.82 Å². The van der Waals surface area contributed by atoms with Gasteiger partial charge < -0.3 is 20.3 Å². The molecule has 0 saturated carbocycles. The van der Waals surface area contributed by atoms with Crippen LogP contribution in [0.4, 0.5) is 10.1 Å². The Hall–Kier alpha value is -2.76. The molecule has 0 heterocycles. The number of benzene rings is 2. The number of aromatic hydroxyl groups is 1. The second-order valence-electron chi connectivity index (χ2n) is 4.32. The van der Waals surface area contributed by atoms with Crippen LogP contribution in [-0.4, -0.2) is 23.3 Å². The molecule has 0 aliphatic rings. The largest absolute Gasteiger partial charge is 0.505 e. The second-order valence-corrected chi connectivity index (χ2v) is 4.32. The normalized spacial score (nSPS) is 10.2. The zero-order valence-electron chi connectivity index (χ0n) is 11.3. The molecule has 0 radical (unpaired) electrons. The van der Waals surface area contributed by atoms with Crippen molar-refractivity contribution in [3.63, 3.8) is 0 Å². The van der Waals surface area contributed by atoms with Gasteiger partial charge in [-0.1, -0.05) is 12.1 Å². The van der Waals surface area contributed by atoms with Crippen molar-refractivity contribution in [3.8, 4) is 11.5 Å². The Kier molecular flexibility index (Phi) is 4.27. The van der Waals surface area contributed by atoms with Crippen LogP contribution in [-0.2, 0) is 6.54 Å². The Morgan fingerprint density at radius 2 is 2.10 bits per heavy atom. The van der Waals surface area contributed by atoms with Gasteiger partial charge in [-0.05, 0) is 24.3 Å². The van der Waals surface area contributed by atoms with Crippen LogP contribution in [0.1, 0.15) is 15.9 Å². The molecule has 0 aromatic heterocycles. The van der Waals surface area contributed by atoms with Gasteiger partial charge in [-0.15, -0.1) is 0 Å². The topological polar surface area (TPSA) is 78.8 Å². The number of carboxylic acid groups (broad SMARTS) is 1. The predicted molar refractivity (Wildman–Crippen MR) is 75.3 cm³/mol. The Balaban J connectivity index is 2.24. The van der Waals surface area contributed by atoms with E-state index in [0.717, 1.165) is 6.07 Å². The van der Waals surface area contributed by atoms with E-state index in [4.69, 9.17) is 9.84 Å². The fraction of sp³-hybridized carbons (Fsp3) is 0.133. The lowest BCUT2D eigenvalue weighted by Gasteiger charge is -2.13. The van der Waals surface area contributed by atoms with E-state index < -0.39 is 17.5 Å². The first kappa shape index (κ1) is 14.6. The Bertz CT molecular complexity index is 673. The number of para-hydroxylation sites is 1. The number of ether oxygens (including phenoxy) is 1. The van der Waals surface area contributed by atoms with Crippen LogP contribution < -0.4 is 10.1 Å². The molecule has 0 aliphatic heterocycles. The molecular weight excluding hydrogens is 277 g/mol. The number of halogens is 1. The van der Waals surface area contributed by atoms with E-state index in [2.05, 4.69) is 5.32 Å². The summed E-state index contributed by atoms with van der Waals surface area (Å²) in [7, 11) is 1.46. The number of hydrogen-bond donors (Lipinski definition) is 3. The third-order valence-corrected chi connectivity index (χ3v) is 2.99. The van der Waals surface area contributed by atoms with Crippen molar-refractivity contribution in [2.75, 3.05) is 12.4 Å². The van der Waals surface area contributed by atoms with E-state index in [1.165, 1.54) is 31.4 Å². The lowest BCUT2D eigenvalue weighted by Crippen LogP contribution is -2.04. The zero-order valence-corrected chi connectivity index (χ0v) is 11.3. The van der Waals surface area contributed by atoms with Crippen molar-refractivity contribution in [3.05, 3.63) is 53.3 Å². The lowest BCUT2D eigenvalue weighted by molar-refractivity contribution is 0.0697. The summed E-state index contributed by atoms with van der Waals surface area (Å²) in [5.41, 5.74) is 0.903. The predicted octanol–water partition coefficient (Wildman–Crippen LogP) is 2.85. The number of carbonyl (C=O) groups is 1. The number of anilines is 1. The number of hydrogen-bond acceptors (Lipinski definition) is 4. The highest BCUT2D eigenvalue weighted by Crippen LogP contribution is 2.28. The first-order valence-electron chi connectivity index (χ1n) is 6.14. The Labute approximate surface area is 120 Å². The molecule has 3 N–H and O–H groups in total. The molecule has 2 aromatic carbocycles. The number of nitrogens with one attached hydrogen (secondary N) is 1. The number of carboxylic acids is 1. The molecular formula is C15H14FNO4. The van der Waals surface area contributed by atoms with Crippen LogP contribution in [0.5, 0.6) is 11.5 Å². The molecule has 0 amide bonds. The molecule has 110 valence electrons. The van der Waals surface area contributed by atoms with Gasteiger partial charge in [0.05, 0.1) is 18.4 Å². The molecule has 6 heteroatoms. The maximum absolute atomic E-state index is 13.2. The van der Waals surface area contributed by atoms with Gasteiger partial charge in [0.25, 0.3) is 0 Å². The molecule has 5 nitrogen and oxygen atoms in total. The highest BCUT2D eigenvalue weighted by atomic mass is 19.1. The average Bonchev–Trinajstić information content (AvgIpc) is 2.48. The van der Waals surface area contributed by atoms with Gasteiger partial charge in [0.1, 0.15) is 5.75 Å². The van der Waals surface area contributed by atoms with Gasteiger partial charge in [-0.25, -0.2) is 9.18 Å². The van der Waals surface area contributed by atoms with Crippen molar-refractivity contribution < 1.29 is 24.1 Å². The highest BCUT2D eigenvalue weighted by molar-refractivity contribution is 5.89.